The molecule has 1 aromatic rings. The van der Waals surface area contributed by atoms with Gasteiger partial charge >= 0.3 is 0 Å². The van der Waals surface area contributed by atoms with Crippen LogP contribution in [0.4, 0.5) is 4.39 Å². The summed E-state index contributed by atoms with van der Waals surface area (Å²) in [5.41, 5.74) is 7.39. The van der Waals surface area contributed by atoms with Gasteiger partial charge in [0.15, 0.2) is 0 Å². The molecule has 0 aliphatic rings. The molecular weight excluding hydrogens is 241 g/mol. The van der Waals surface area contributed by atoms with Gasteiger partial charge in [0.2, 0.25) is 0 Å². The van der Waals surface area contributed by atoms with Crippen LogP contribution in [0.25, 0.3) is 0 Å². The molecule has 17 heavy (non-hydrogen) atoms. The minimum absolute atomic E-state index is 0.0389. The van der Waals surface area contributed by atoms with Crippen molar-refractivity contribution >= 4 is 11.6 Å². The number of rotatable bonds is 6. The highest BCUT2D eigenvalue weighted by Gasteiger charge is 2.07. The van der Waals surface area contributed by atoms with Gasteiger partial charge < -0.3 is 10.8 Å². The van der Waals surface area contributed by atoms with Gasteiger partial charge in [-0.2, -0.15) is 0 Å². The number of aryl methyl sites for hydroxylation is 2. The fraction of sp³-hybridized carbons (Fsp3) is 0.538. The molecule has 0 bridgehead atoms. The van der Waals surface area contributed by atoms with E-state index in [1.807, 2.05) is 6.07 Å². The Bertz CT molecular complexity index is 347. The molecule has 0 saturated heterocycles. The van der Waals surface area contributed by atoms with Crippen molar-refractivity contribution in [3.8, 4) is 0 Å². The summed E-state index contributed by atoms with van der Waals surface area (Å²) in [7, 11) is 0. The third kappa shape index (κ3) is 4.62. The minimum atomic E-state index is -0.340. The number of hydrogen-bond donors (Lipinski definition) is 2. The smallest absolute Gasteiger partial charge is 0.144 e. The van der Waals surface area contributed by atoms with E-state index in [-0.39, 0.29) is 23.5 Å². The molecule has 0 spiro atoms. The summed E-state index contributed by atoms with van der Waals surface area (Å²) in [5, 5.41) is 8.90. The molecule has 0 saturated carbocycles. The molecule has 0 aromatic heterocycles. The van der Waals surface area contributed by atoms with Crippen LogP contribution < -0.4 is 5.73 Å². The zero-order chi connectivity index (χ0) is 12.8. The van der Waals surface area contributed by atoms with E-state index in [4.69, 9.17) is 22.4 Å². The molecule has 0 fully saturated rings. The number of nitrogens with two attached hydrogens (primary N) is 1. The zero-order valence-electron chi connectivity index (χ0n) is 10.0. The van der Waals surface area contributed by atoms with Gasteiger partial charge in [0.05, 0.1) is 5.02 Å². The van der Waals surface area contributed by atoms with Crippen LogP contribution in [0.3, 0.4) is 0 Å². The van der Waals surface area contributed by atoms with Gasteiger partial charge in [0.25, 0.3) is 0 Å². The second-order valence-corrected chi connectivity index (χ2v) is 4.78. The maximum atomic E-state index is 13.3. The lowest BCUT2D eigenvalue weighted by Crippen LogP contribution is -2.21. The van der Waals surface area contributed by atoms with Gasteiger partial charge in [-0.1, -0.05) is 17.7 Å². The third-order valence-corrected chi connectivity index (χ3v) is 3.09. The first-order valence-corrected chi connectivity index (χ1v) is 6.23. The van der Waals surface area contributed by atoms with E-state index in [0.717, 1.165) is 24.8 Å². The lowest BCUT2D eigenvalue weighted by Gasteiger charge is -2.10. The maximum Gasteiger partial charge on any atom is 0.144 e. The van der Waals surface area contributed by atoms with E-state index in [2.05, 4.69) is 0 Å². The Morgan fingerprint density at radius 3 is 2.71 bits per heavy atom. The summed E-state index contributed by atoms with van der Waals surface area (Å²) in [6, 6.07) is 3.53. The first-order chi connectivity index (χ1) is 8.04. The second-order valence-electron chi connectivity index (χ2n) is 4.37. The molecule has 3 N–H and O–H groups in total. The molecule has 1 rings (SSSR count). The molecule has 4 heteroatoms. The van der Waals surface area contributed by atoms with E-state index in [9.17, 15) is 4.39 Å². The molecule has 0 heterocycles. The van der Waals surface area contributed by atoms with E-state index < -0.39 is 0 Å². The SMILES string of the molecule is Cc1cc(CCCC(N)CCO)cc(Cl)c1F. The summed E-state index contributed by atoms with van der Waals surface area (Å²) in [4.78, 5) is 0. The Morgan fingerprint density at radius 2 is 2.12 bits per heavy atom. The topological polar surface area (TPSA) is 46.2 Å². The van der Waals surface area contributed by atoms with Gasteiger partial charge in [-0.25, -0.2) is 4.39 Å². The standard InChI is InChI=1S/C13H19ClFNO/c1-9-7-10(8-12(14)13(9)15)3-2-4-11(16)5-6-17/h7-8,11,17H,2-6,16H2,1H3. The summed E-state index contributed by atoms with van der Waals surface area (Å²) in [6.07, 6.45) is 3.24. The lowest BCUT2D eigenvalue weighted by atomic mass is 10.0. The molecule has 0 amide bonds. The van der Waals surface area contributed by atoms with Gasteiger partial charge in [-0.05, 0) is 49.8 Å². The monoisotopic (exact) mass is 259 g/mol. The van der Waals surface area contributed by atoms with Crippen LogP contribution in [0.15, 0.2) is 12.1 Å². The number of hydrogen-bond acceptors (Lipinski definition) is 2. The van der Waals surface area contributed by atoms with E-state index >= 15 is 0 Å². The van der Waals surface area contributed by atoms with Crippen molar-refractivity contribution in [3.63, 3.8) is 0 Å². The Labute approximate surface area is 107 Å². The largest absolute Gasteiger partial charge is 0.396 e. The highest BCUT2D eigenvalue weighted by Crippen LogP contribution is 2.21. The fourth-order valence-electron chi connectivity index (χ4n) is 1.82. The molecular formula is C13H19ClFNO. The van der Waals surface area contributed by atoms with Crippen molar-refractivity contribution in [1.82, 2.24) is 0 Å². The minimum Gasteiger partial charge on any atom is -0.396 e. The fourth-order valence-corrected chi connectivity index (χ4v) is 2.11. The van der Waals surface area contributed by atoms with Gasteiger partial charge in [-0.15, -0.1) is 0 Å². The van der Waals surface area contributed by atoms with Crippen molar-refractivity contribution in [3.05, 3.63) is 34.1 Å². The number of benzene rings is 1. The Morgan fingerprint density at radius 1 is 1.41 bits per heavy atom. The van der Waals surface area contributed by atoms with Crippen molar-refractivity contribution in [2.45, 2.75) is 38.6 Å². The average molecular weight is 260 g/mol. The number of halogens is 2. The quantitative estimate of drug-likeness (QED) is 0.825. The maximum absolute atomic E-state index is 13.3. The van der Waals surface area contributed by atoms with Crippen LogP contribution in [-0.4, -0.2) is 17.8 Å². The van der Waals surface area contributed by atoms with Crippen LogP contribution in [0, 0.1) is 12.7 Å². The molecule has 0 aliphatic carbocycles. The zero-order valence-corrected chi connectivity index (χ0v) is 10.8. The second kappa shape index (κ2) is 6.94. The highest BCUT2D eigenvalue weighted by molar-refractivity contribution is 6.30. The number of aliphatic hydroxyl groups is 1. The summed E-state index contributed by atoms with van der Waals surface area (Å²) in [6.45, 7) is 1.84. The first kappa shape index (κ1) is 14.4. The number of aliphatic hydroxyl groups excluding tert-OH is 1. The normalized spacial score (nSPS) is 12.8. The molecule has 1 unspecified atom stereocenters. The summed E-state index contributed by atoms with van der Waals surface area (Å²) >= 11 is 5.78. The van der Waals surface area contributed by atoms with E-state index in [0.29, 0.717) is 12.0 Å². The van der Waals surface area contributed by atoms with E-state index in [1.165, 1.54) is 0 Å². The molecule has 0 aliphatic heterocycles. The average Bonchev–Trinajstić information content (AvgIpc) is 2.26. The van der Waals surface area contributed by atoms with Crippen LogP contribution in [0.1, 0.15) is 30.4 Å². The lowest BCUT2D eigenvalue weighted by molar-refractivity contribution is 0.272. The molecule has 2 nitrogen and oxygen atoms in total. The molecule has 96 valence electrons. The predicted molar refractivity (Wildman–Crippen MR) is 68.8 cm³/mol. The highest BCUT2D eigenvalue weighted by atomic mass is 35.5. The van der Waals surface area contributed by atoms with Crippen LogP contribution in [0.5, 0.6) is 0 Å². The Kier molecular flexibility index (Phi) is 5.89. The Balaban J connectivity index is 2.47. The summed E-state index contributed by atoms with van der Waals surface area (Å²) < 4.78 is 13.3. The van der Waals surface area contributed by atoms with Gasteiger partial charge in [0.1, 0.15) is 5.82 Å². The van der Waals surface area contributed by atoms with Crippen LogP contribution in [0.2, 0.25) is 5.02 Å². The van der Waals surface area contributed by atoms with Crippen LogP contribution in [-0.2, 0) is 6.42 Å². The summed E-state index contributed by atoms with van der Waals surface area (Å²) in [5.74, 6) is -0.340. The van der Waals surface area contributed by atoms with Crippen molar-refractivity contribution in [2.75, 3.05) is 6.61 Å². The van der Waals surface area contributed by atoms with Gasteiger partial charge in [0, 0.05) is 12.6 Å². The predicted octanol–water partition coefficient (Wildman–Crippen LogP) is 2.82. The molecule has 1 atom stereocenters. The van der Waals surface area contributed by atoms with Gasteiger partial charge in [-0.3, -0.25) is 0 Å². The molecule has 0 radical (unpaired) electrons. The third-order valence-electron chi connectivity index (χ3n) is 2.81. The Hall–Kier alpha value is -0.640. The first-order valence-electron chi connectivity index (χ1n) is 5.85. The van der Waals surface area contributed by atoms with E-state index in [1.54, 1.807) is 13.0 Å². The van der Waals surface area contributed by atoms with Crippen molar-refractivity contribution in [2.24, 2.45) is 5.73 Å². The van der Waals surface area contributed by atoms with Crippen molar-refractivity contribution < 1.29 is 9.50 Å². The molecule has 1 aromatic carbocycles. The van der Waals surface area contributed by atoms with Crippen LogP contribution >= 0.6 is 11.6 Å². The van der Waals surface area contributed by atoms with Crippen molar-refractivity contribution in [1.29, 1.82) is 0 Å².